The van der Waals surface area contributed by atoms with Crippen molar-refractivity contribution in [3.8, 4) is 0 Å². The van der Waals surface area contributed by atoms with Gasteiger partial charge >= 0.3 is 0 Å². The summed E-state index contributed by atoms with van der Waals surface area (Å²) in [6.45, 7) is 2.67. The topological polar surface area (TPSA) is 71.0 Å². The summed E-state index contributed by atoms with van der Waals surface area (Å²) in [6, 6.07) is -0.302. The van der Waals surface area contributed by atoms with Gasteiger partial charge < -0.3 is 24.8 Å². The zero-order valence-electron chi connectivity index (χ0n) is 9.39. The van der Waals surface area contributed by atoms with Crippen LogP contribution in [-0.4, -0.2) is 74.1 Å². The Morgan fingerprint density at radius 3 is 2.94 bits per heavy atom. The van der Waals surface area contributed by atoms with Gasteiger partial charge in [0.25, 0.3) is 5.91 Å². The SMILES string of the molecule is CN1CCOC(C(=O)N[C@@H]2COC[C@H]2O)C1. The van der Waals surface area contributed by atoms with Gasteiger partial charge in [0.05, 0.1) is 32.0 Å². The Bertz CT molecular complexity index is 261. The molecule has 0 radical (unpaired) electrons. The van der Waals surface area contributed by atoms with Crippen LogP contribution in [0, 0.1) is 0 Å². The van der Waals surface area contributed by atoms with E-state index in [2.05, 4.69) is 10.2 Å². The molecule has 92 valence electrons. The van der Waals surface area contributed by atoms with E-state index in [1.54, 1.807) is 0 Å². The van der Waals surface area contributed by atoms with Crippen molar-refractivity contribution in [3.05, 3.63) is 0 Å². The predicted octanol–water partition coefficient (Wildman–Crippen LogP) is -1.81. The Kier molecular flexibility index (Phi) is 3.75. The van der Waals surface area contributed by atoms with Crippen LogP contribution in [0.4, 0.5) is 0 Å². The molecule has 1 unspecified atom stereocenters. The molecule has 2 N–H and O–H groups in total. The molecular weight excluding hydrogens is 212 g/mol. The molecule has 2 heterocycles. The van der Waals surface area contributed by atoms with Crippen LogP contribution in [0.15, 0.2) is 0 Å². The number of amides is 1. The molecule has 0 aromatic heterocycles. The molecule has 0 aliphatic carbocycles. The Morgan fingerprint density at radius 1 is 1.50 bits per heavy atom. The molecule has 0 aromatic carbocycles. The van der Waals surface area contributed by atoms with Gasteiger partial charge in [-0.2, -0.15) is 0 Å². The van der Waals surface area contributed by atoms with Crippen molar-refractivity contribution in [2.75, 3.05) is 40.0 Å². The minimum atomic E-state index is -0.606. The van der Waals surface area contributed by atoms with Crippen molar-refractivity contribution in [2.45, 2.75) is 18.2 Å². The molecule has 1 amide bonds. The Balaban J connectivity index is 1.82. The smallest absolute Gasteiger partial charge is 0.250 e. The van der Waals surface area contributed by atoms with E-state index in [9.17, 15) is 9.90 Å². The van der Waals surface area contributed by atoms with E-state index in [1.807, 2.05) is 7.05 Å². The number of aliphatic hydroxyl groups is 1. The molecule has 0 bridgehead atoms. The summed E-state index contributed by atoms with van der Waals surface area (Å²) in [5, 5.41) is 12.3. The first-order valence-corrected chi connectivity index (χ1v) is 5.53. The summed E-state index contributed by atoms with van der Waals surface area (Å²) < 4.78 is 10.4. The molecule has 2 rings (SSSR count). The van der Waals surface area contributed by atoms with Crippen LogP contribution in [-0.2, 0) is 14.3 Å². The standard InChI is InChI=1S/C10H18N2O4/c1-12-2-3-16-9(4-12)10(14)11-7-5-15-6-8(7)13/h7-9,13H,2-6H2,1H3,(H,11,14)/t7-,8-,9?/m1/s1. The first-order valence-electron chi connectivity index (χ1n) is 5.53. The Labute approximate surface area is 94.5 Å². The monoisotopic (exact) mass is 230 g/mol. The fraction of sp³-hybridized carbons (Fsp3) is 0.900. The molecule has 6 heteroatoms. The molecule has 2 aliphatic heterocycles. The fourth-order valence-electron chi connectivity index (χ4n) is 1.89. The maximum atomic E-state index is 11.8. The number of ether oxygens (including phenoxy) is 2. The zero-order chi connectivity index (χ0) is 11.5. The number of nitrogens with zero attached hydrogens (tertiary/aromatic N) is 1. The lowest BCUT2D eigenvalue weighted by Gasteiger charge is -2.30. The van der Waals surface area contributed by atoms with Crippen molar-refractivity contribution < 1.29 is 19.4 Å². The third kappa shape index (κ3) is 2.70. The van der Waals surface area contributed by atoms with Crippen LogP contribution in [0.3, 0.4) is 0 Å². The number of aliphatic hydroxyl groups excluding tert-OH is 1. The maximum absolute atomic E-state index is 11.8. The average Bonchev–Trinajstić information content (AvgIpc) is 2.64. The highest BCUT2D eigenvalue weighted by Crippen LogP contribution is 2.08. The van der Waals surface area contributed by atoms with Gasteiger partial charge in [-0.3, -0.25) is 4.79 Å². The Hall–Kier alpha value is -0.690. The van der Waals surface area contributed by atoms with E-state index in [4.69, 9.17) is 9.47 Å². The lowest BCUT2D eigenvalue weighted by molar-refractivity contribution is -0.139. The first kappa shape index (κ1) is 11.8. The van der Waals surface area contributed by atoms with Crippen molar-refractivity contribution in [3.63, 3.8) is 0 Å². The number of morpholine rings is 1. The zero-order valence-corrected chi connectivity index (χ0v) is 9.39. The third-order valence-corrected chi connectivity index (χ3v) is 2.94. The lowest BCUT2D eigenvalue weighted by atomic mass is 10.2. The summed E-state index contributed by atoms with van der Waals surface area (Å²) in [5.74, 6) is -0.166. The number of carbonyl (C=O) groups is 1. The van der Waals surface area contributed by atoms with Gasteiger partial charge in [-0.1, -0.05) is 0 Å². The van der Waals surface area contributed by atoms with Gasteiger partial charge in [0, 0.05) is 13.1 Å². The van der Waals surface area contributed by atoms with Crippen LogP contribution < -0.4 is 5.32 Å². The second kappa shape index (κ2) is 5.09. The Morgan fingerprint density at radius 2 is 2.31 bits per heavy atom. The number of nitrogens with one attached hydrogen (secondary N) is 1. The molecule has 0 aromatic rings. The van der Waals surface area contributed by atoms with E-state index < -0.39 is 12.2 Å². The van der Waals surface area contributed by atoms with Crippen molar-refractivity contribution in [1.29, 1.82) is 0 Å². The molecule has 2 aliphatic rings. The molecule has 0 spiro atoms. The normalized spacial score (nSPS) is 36.2. The number of carbonyl (C=O) groups excluding carboxylic acids is 1. The number of hydrogen-bond acceptors (Lipinski definition) is 5. The van der Waals surface area contributed by atoms with Gasteiger partial charge in [0.15, 0.2) is 0 Å². The van der Waals surface area contributed by atoms with Crippen molar-refractivity contribution in [2.24, 2.45) is 0 Å². The predicted molar refractivity (Wildman–Crippen MR) is 56.0 cm³/mol. The van der Waals surface area contributed by atoms with E-state index in [0.29, 0.717) is 19.8 Å². The first-order chi connectivity index (χ1) is 7.66. The number of likely N-dealkylation sites (N-methyl/N-ethyl adjacent to an activating group) is 1. The van der Waals surface area contributed by atoms with Gasteiger partial charge in [0.1, 0.15) is 6.10 Å². The summed E-state index contributed by atoms with van der Waals surface area (Å²) >= 11 is 0. The quantitative estimate of drug-likeness (QED) is 0.585. The van der Waals surface area contributed by atoms with Crippen LogP contribution in [0.5, 0.6) is 0 Å². The highest BCUT2D eigenvalue weighted by atomic mass is 16.5. The van der Waals surface area contributed by atoms with E-state index in [1.165, 1.54) is 0 Å². The minimum Gasteiger partial charge on any atom is -0.388 e. The summed E-state index contributed by atoms with van der Waals surface area (Å²) in [5.41, 5.74) is 0. The maximum Gasteiger partial charge on any atom is 0.250 e. The third-order valence-electron chi connectivity index (χ3n) is 2.94. The minimum absolute atomic E-state index is 0.166. The van der Waals surface area contributed by atoms with Gasteiger partial charge in [0.2, 0.25) is 0 Å². The summed E-state index contributed by atoms with van der Waals surface area (Å²) in [7, 11) is 1.95. The average molecular weight is 230 g/mol. The number of hydrogen-bond donors (Lipinski definition) is 2. The van der Waals surface area contributed by atoms with Gasteiger partial charge in [-0.05, 0) is 7.05 Å². The number of rotatable bonds is 2. The second-order valence-electron chi connectivity index (χ2n) is 4.34. The molecule has 3 atom stereocenters. The van der Waals surface area contributed by atoms with Crippen LogP contribution >= 0.6 is 0 Å². The molecule has 2 saturated heterocycles. The van der Waals surface area contributed by atoms with Crippen molar-refractivity contribution >= 4 is 5.91 Å². The highest BCUT2D eigenvalue weighted by Gasteiger charge is 2.31. The van der Waals surface area contributed by atoms with E-state index >= 15 is 0 Å². The summed E-state index contributed by atoms with van der Waals surface area (Å²) in [6.07, 6.45) is -1.04. The largest absolute Gasteiger partial charge is 0.388 e. The fourth-order valence-corrected chi connectivity index (χ4v) is 1.89. The second-order valence-corrected chi connectivity index (χ2v) is 4.34. The van der Waals surface area contributed by atoms with Crippen LogP contribution in [0.2, 0.25) is 0 Å². The molecule has 0 saturated carbocycles. The molecular formula is C10H18N2O4. The molecule has 2 fully saturated rings. The highest BCUT2D eigenvalue weighted by molar-refractivity contribution is 5.81. The van der Waals surface area contributed by atoms with E-state index in [0.717, 1.165) is 6.54 Å². The van der Waals surface area contributed by atoms with Crippen molar-refractivity contribution in [1.82, 2.24) is 10.2 Å². The van der Waals surface area contributed by atoms with Crippen LogP contribution in [0.25, 0.3) is 0 Å². The molecule has 16 heavy (non-hydrogen) atoms. The van der Waals surface area contributed by atoms with E-state index in [-0.39, 0.29) is 18.6 Å². The lowest BCUT2D eigenvalue weighted by Crippen LogP contribution is -2.52. The van der Waals surface area contributed by atoms with Gasteiger partial charge in [-0.25, -0.2) is 0 Å². The van der Waals surface area contributed by atoms with Crippen LogP contribution in [0.1, 0.15) is 0 Å². The van der Waals surface area contributed by atoms with Gasteiger partial charge in [-0.15, -0.1) is 0 Å². The molecule has 6 nitrogen and oxygen atoms in total. The summed E-state index contributed by atoms with van der Waals surface area (Å²) in [4.78, 5) is 13.9.